The lowest BCUT2D eigenvalue weighted by Gasteiger charge is -2.12. The summed E-state index contributed by atoms with van der Waals surface area (Å²) >= 11 is 0. The van der Waals surface area contributed by atoms with Crippen molar-refractivity contribution in [3.05, 3.63) is 30.0 Å². The molecule has 0 spiro atoms. The number of hydrogen-bond donors (Lipinski definition) is 3. The van der Waals surface area contributed by atoms with E-state index < -0.39 is 0 Å². The molecule has 1 heterocycles. The van der Waals surface area contributed by atoms with E-state index in [0.717, 1.165) is 48.3 Å². The summed E-state index contributed by atoms with van der Waals surface area (Å²) in [5, 5.41) is 16.5. The Kier molecular flexibility index (Phi) is 7.79. The summed E-state index contributed by atoms with van der Waals surface area (Å²) in [5.41, 5.74) is 3.25. The van der Waals surface area contributed by atoms with Crippen molar-refractivity contribution in [2.45, 2.75) is 32.6 Å². The van der Waals surface area contributed by atoms with Gasteiger partial charge in [0.15, 0.2) is 0 Å². The summed E-state index contributed by atoms with van der Waals surface area (Å²) < 4.78 is 5.42. The number of fused-ring (bicyclic) bond motifs is 1. The fraction of sp³-hybridized carbons (Fsp3) is 0.526. The largest absolute Gasteiger partial charge is 0.497 e. The average molecular weight is 331 g/mol. The standard InChI is InChI=1S/C19H29N3O2/c1-15-7-10-22-19-17(15)13-16(24-2)14-18(19)21-9-6-4-3-5-8-20-11-12-23/h7,10,13-14,20-21,23H,3-6,8-9,11-12H2,1-2H3. The monoisotopic (exact) mass is 331 g/mol. The lowest BCUT2D eigenvalue weighted by molar-refractivity contribution is 0.292. The highest BCUT2D eigenvalue weighted by Gasteiger charge is 2.07. The summed E-state index contributed by atoms with van der Waals surface area (Å²) in [4.78, 5) is 4.53. The van der Waals surface area contributed by atoms with E-state index in [0.29, 0.717) is 6.54 Å². The molecule has 2 rings (SSSR count). The van der Waals surface area contributed by atoms with Gasteiger partial charge in [0, 0.05) is 30.7 Å². The van der Waals surface area contributed by atoms with Crippen LogP contribution in [-0.4, -0.2) is 43.4 Å². The van der Waals surface area contributed by atoms with Crippen LogP contribution in [0.25, 0.3) is 10.9 Å². The van der Waals surface area contributed by atoms with E-state index >= 15 is 0 Å². The maximum absolute atomic E-state index is 8.69. The second-order valence-electron chi connectivity index (χ2n) is 6.01. The fourth-order valence-corrected chi connectivity index (χ4v) is 2.77. The van der Waals surface area contributed by atoms with Gasteiger partial charge in [-0.05, 0) is 44.0 Å². The minimum atomic E-state index is 0.214. The van der Waals surface area contributed by atoms with Gasteiger partial charge in [0.05, 0.1) is 24.9 Å². The third kappa shape index (κ3) is 5.35. The van der Waals surface area contributed by atoms with Crippen molar-refractivity contribution in [3.8, 4) is 5.75 Å². The van der Waals surface area contributed by atoms with Crippen LogP contribution in [0.2, 0.25) is 0 Å². The number of nitrogens with one attached hydrogen (secondary N) is 2. The van der Waals surface area contributed by atoms with Gasteiger partial charge in [0.2, 0.25) is 0 Å². The first-order valence-corrected chi connectivity index (χ1v) is 8.75. The predicted octanol–water partition coefficient (Wildman–Crippen LogP) is 3.11. The molecule has 5 nitrogen and oxygen atoms in total. The average Bonchev–Trinajstić information content (AvgIpc) is 2.60. The van der Waals surface area contributed by atoms with Crippen LogP contribution in [0.15, 0.2) is 24.4 Å². The molecule has 5 heteroatoms. The van der Waals surface area contributed by atoms with Crippen LogP contribution in [0.1, 0.15) is 31.2 Å². The SMILES string of the molecule is COc1cc(NCCCCCCNCCO)c2nccc(C)c2c1. The van der Waals surface area contributed by atoms with Crippen LogP contribution >= 0.6 is 0 Å². The molecule has 0 radical (unpaired) electrons. The zero-order valence-electron chi connectivity index (χ0n) is 14.8. The summed E-state index contributed by atoms with van der Waals surface area (Å²) in [6, 6.07) is 6.09. The molecule has 1 aromatic carbocycles. The van der Waals surface area contributed by atoms with E-state index in [1.54, 1.807) is 7.11 Å². The predicted molar refractivity (Wildman–Crippen MR) is 99.9 cm³/mol. The number of nitrogens with zero attached hydrogens (tertiary/aromatic N) is 1. The van der Waals surface area contributed by atoms with Gasteiger partial charge in [-0.1, -0.05) is 12.8 Å². The Morgan fingerprint density at radius 3 is 2.62 bits per heavy atom. The zero-order valence-corrected chi connectivity index (χ0v) is 14.8. The molecular weight excluding hydrogens is 302 g/mol. The number of unbranched alkanes of at least 4 members (excludes halogenated alkanes) is 3. The quantitative estimate of drug-likeness (QED) is 0.552. The molecule has 1 aromatic heterocycles. The van der Waals surface area contributed by atoms with E-state index in [2.05, 4.69) is 22.5 Å². The molecule has 0 saturated heterocycles. The minimum absolute atomic E-state index is 0.214. The third-order valence-corrected chi connectivity index (χ3v) is 4.16. The fourth-order valence-electron chi connectivity index (χ4n) is 2.77. The van der Waals surface area contributed by atoms with Gasteiger partial charge in [-0.25, -0.2) is 0 Å². The first kappa shape index (κ1) is 18.5. The number of benzene rings is 1. The van der Waals surface area contributed by atoms with Crippen molar-refractivity contribution in [3.63, 3.8) is 0 Å². The van der Waals surface area contributed by atoms with E-state index in [1.165, 1.54) is 18.4 Å². The highest BCUT2D eigenvalue weighted by molar-refractivity contribution is 5.93. The molecule has 0 aliphatic heterocycles. The first-order valence-electron chi connectivity index (χ1n) is 8.75. The van der Waals surface area contributed by atoms with Crippen LogP contribution in [0.5, 0.6) is 5.75 Å². The van der Waals surface area contributed by atoms with Gasteiger partial charge in [-0.15, -0.1) is 0 Å². The molecule has 0 fully saturated rings. The maximum atomic E-state index is 8.69. The number of ether oxygens (including phenoxy) is 1. The molecule has 3 N–H and O–H groups in total. The number of aryl methyl sites for hydroxylation is 1. The van der Waals surface area contributed by atoms with Gasteiger partial charge >= 0.3 is 0 Å². The van der Waals surface area contributed by atoms with Gasteiger partial charge < -0.3 is 20.5 Å². The Morgan fingerprint density at radius 1 is 1.08 bits per heavy atom. The first-order chi connectivity index (χ1) is 11.8. The van der Waals surface area contributed by atoms with Crippen LogP contribution in [0, 0.1) is 6.92 Å². The van der Waals surface area contributed by atoms with Crippen molar-refractivity contribution in [1.29, 1.82) is 0 Å². The van der Waals surface area contributed by atoms with Gasteiger partial charge in [-0.3, -0.25) is 4.98 Å². The summed E-state index contributed by atoms with van der Waals surface area (Å²) in [7, 11) is 1.70. The van der Waals surface area contributed by atoms with Crippen molar-refractivity contribution >= 4 is 16.6 Å². The van der Waals surface area contributed by atoms with Crippen LogP contribution in [-0.2, 0) is 0 Å². The molecule has 0 amide bonds. The van der Waals surface area contributed by atoms with E-state index in [9.17, 15) is 0 Å². The zero-order chi connectivity index (χ0) is 17.2. The van der Waals surface area contributed by atoms with Gasteiger partial charge in [-0.2, -0.15) is 0 Å². The Morgan fingerprint density at radius 2 is 1.88 bits per heavy atom. The van der Waals surface area contributed by atoms with Crippen molar-refractivity contribution in [1.82, 2.24) is 10.3 Å². The summed E-state index contributed by atoms with van der Waals surface area (Å²) in [5.74, 6) is 0.857. The Labute approximate surface area is 144 Å². The second-order valence-corrected chi connectivity index (χ2v) is 6.01. The Bertz CT molecular complexity index is 631. The van der Waals surface area contributed by atoms with Crippen molar-refractivity contribution < 1.29 is 9.84 Å². The lowest BCUT2D eigenvalue weighted by atomic mass is 10.1. The van der Waals surface area contributed by atoms with Gasteiger partial charge in [0.25, 0.3) is 0 Å². The molecule has 0 bridgehead atoms. The van der Waals surface area contributed by atoms with E-state index in [1.807, 2.05) is 24.4 Å². The Hall–Kier alpha value is -1.85. The number of rotatable bonds is 11. The number of anilines is 1. The third-order valence-electron chi connectivity index (χ3n) is 4.16. The Balaban J connectivity index is 1.83. The maximum Gasteiger partial charge on any atom is 0.121 e. The topological polar surface area (TPSA) is 66.4 Å². The molecule has 0 atom stereocenters. The van der Waals surface area contributed by atoms with E-state index in [-0.39, 0.29) is 6.61 Å². The highest BCUT2D eigenvalue weighted by atomic mass is 16.5. The van der Waals surface area contributed by atoms with Crippen LogP contribution in [0.3, 0.4) is 0 Å². The molecule has 132 valence electrons. The van der Waals surface area contributed by atoms with Gasteiger partial charge in [0.1, 0.15) is 5.75 Å². The molecule has 0 aliphatic rings. The summed E-state index contributed by atoms with van der Waals surface area (Å²) in [6.07, 6.45) is 6.54. The molecular formula is C19H29N3O2. The highest BCUT2D eigenvalue weighted by Crippen LogP contribution is 2.29. The smallest absolute Gasteiger partial charge is 0.121 e. The normalized spacial score (nSPS) is 11.0. The molecule has 0 unspecified atom stereocenters. The number of aromatic nitrogens is 1. The van der Waals surface area contributed by atoms with Crippen molar-refractivity contribution in [2.75, 3.05) is 38.7 Å². The number of aliphatic hydroxyl groups excluding tert-OH is 1. The van der Waals surface area contributed by atoms with Crippen molar-refractivity contribution in [2.24, 2.45) is 0 Å². The molecule has 24 heavy (non-hydrogen) atoms. The number of methoxy groups -OCH3 is 1. The minimum Gasteiger partial charge on any atom is -0.497 e. The molecule has 2 aromatic rings. The molecule has 0 aliphatic carbocycles. The van der Waals surface area contributed by atoms with Crippen LogP contribution < -0.4 is 15.4 Å². The molecule has 0 saturated carbocycles. The second kappa shape index (κ2) is 10.1. The number of hydrogen-bond acceptors (Lipinski definition) is 5. The number of pyridine rings is 1. The lowest BCUT2D eigenvalue weighted by Crippen LogP contribution is -2.19. The number of aliphatic hydroxyl groups is 1. The summed E-state index contributed by atoms with van der Waals surface area (Å²) in [6.45, 7) is 4.92. The van der Waals surface area contributed by atoms with Crippen LogP contribution in [0.4, 0.5) is 5.69 Å². The van der Waals surface area contributed by atoms with E-state index in [4.69, 9.17) is 9.84 Å².